The fourth-order valence-electron chi connectivity index (χ4n) is 2.09. The van der Waals surface area contributed by atoms with E-state index in [4.69, 9.17) is 10.5 Å². The van der Waals surface area contributed by atoms with E-state index >= 15 is 0 Å². The lowest BCUT2D eigenvalue weighted by Crippen LogP contribution is -2.37. The first-order chi connectivity index (χ1) is 8.70. The van der Waals surface area contributed by atoms with Gasteiger partial charge in [0, 0.05) is 18.9 Å². The molecule has 0 aliphatic carbocycles. The minimum Gasteiger partial charge on any atom is -0.364 e. The zero-order chi connectivity index (χ0) is 13.0. The molecule has 1 aromatic heterocycles. The fraction of sp³-hybridized carbons (Fsp3) is 0.538. The Morgan fingerprint density at radius 3 is 3.11 bits per heavy atom. The Kier molecular flexibility index (Phi) is 4.28. The van der Waals surface area contributed by atoms with Crippen LogP contribution >= 0.6 is 0 Å². The van der Waals surface area contributed by atoms with Crippen LogP contribution in [0.2, 0.25) is 0 Å². The number of nitrogens with zero attached hydrogens (tertiary/aromatic N) is 1. The van der Waals surface area contributed by atoms with Gasteiger partial charge in [-0.3, -0.25) is 9.78 Å². The zero-order valence-corrected chi connectivity index (χ0v) is 10.5. The van der Waals surface area contributed by atoms with Crippen LogP contribution in [-0.2, 0) is 9.53 Å². The lowest BCUT2D eigenvalue weighted by atomic mass is 10.1. The molecule has 2 rings (SSSR count). The highest BCUT2D eigenvalue weighted by atomic mass is 16.5. The molecule has 3 N–H and O–H groups in total. The van der Waals surface area contributed by atoms with Gasteiger partial charge in [-0.1, -0.05) is 6.07 Å². The highest BCUT2D eigenvalue weighted by Crippen LogP contribution is 2.20. The molecule has 98 valence electrons. The third kappa shape index (κ3) is 3.05. The van der Waals surface area contributed by atoms with Gasteiger partial charge in [0.05, 0.1) is 12.1 Å². The predicted molar refractivity (Wildman–Crippen MR) is 67.7 cm³/mol. The van der Waals surface area contributed by atoms with Crippen molar-refractivity contribution in [1.29, 1.82) is 0 Å². The molecule has 1 aromatic rings. The Labute approximate surface area is 107 Å². The predicted octanol–water partition coefficient (Wildman–Crippen LogP) is 0.765. The van der Waals surface area contributed by atoms with Gasteiger partial charge in [-0.05, 0) is 31.4 Å². The van der Waals surface area contributed by atoms with Crippen molar-refractivity contribution in [3.63, 3.8) is 0 Å². The summed E-state index contributed by atoms with van der Waals surface area (Å²) >= 11 is 0. The molecule has 0 saturated carbocycles. The van der Waals surface area contributed by atoms with Gasteiger partial charge in [0.15, 0.2) is 0 Å². The van der Waals surface area contributed by atoms with Crippen molar-refractivity contribution in [2.24, 2.45) is 5.73 Å². The summed E-state index contributed by atoms with van der Waals surface area (Å²) in [5, 5.41) is 2.94. The largest absolute Gasteiger partial charge is 0.364 e. The third-order valence-corrected chi connectivity index (χ3v) is 3.21. The number of carbonyl (C=O) groups excluding carboxylic acids is 1. The Bertz CT molecular complexity index is 396. The lowest BCUT2D eigenvalue weighted by Gasteiger charge is -2.17. The van der Waals surface area contributed by atoms with Crippen LogP contribution in [-0.4, -0.2) is 29.6 Å². The molecule has 2 heterocycles. The summed E-state index contributed by atoms with van der Waals surface area (Å²) in [6.45, 7) is 2.41. The number of rotatable bonds is 4. The Balaban J connectivity index is 1.88. The molecule has 0 bridgehead atoms. The second-order valence-electron chi connectivity index (χ2n) is 4.58. The summed E-state index contributed by atoms with van der Waals surface area (Å²) in [4.78, 5) is 16.0. The standard InChI is InChI=1S/C13H19N3O2/c1-9(10-3-2-6-15-8-10)16-13(17)12-5-4-11(7-14)18-12/h2-3,6,8-9,11-12H,4-5,7,14H2,1H3,(H,16,17). The van der Waals surface area contributed by atoms with Crippen LogP contribution in [0.15, 0.2) is 24.5 Å². The maximum Gasteiger partial charge on any atom is 0.249 e. The van der Waals surface area contributed by atoms with Crippen molar-refractivity contribution in [3.8, 4) is 0 Å². The van der Waals surface area contributed by atoms with Crippen LogP contribution < -0.4 is 11.1 Å². The molecule has 1 saturated heterocycles. The molecule has 0 radical (unpaired) electrons. The number of nitrogens with two attached hydrogens (primary N) is 1. The number of pyridine rings is 1. The summed E-state index contributed by atoms with van der Waals surface area (Å²) in [5.74, 6) is -0.0673. The van der Waals surface area contributed by atoms with E-state index < -0.39 is 0 Å². The Morgan fingerprint density at radius 2 is 2.50 bits per heavy atom. The smallest absolute Gasteiger partial charge is 0.249 e. The Morgan fingerprint density at radius 1 is 1.67 bits per heavy atom. The molecular formula is C13H19N3O2. The van der Waals surface area contributed by atoms with Crippen molar-refractivity contribution >= 4 is 5.91 Å². The van der Waals surface area contributed by atoms with Crippen molar-refractivity contribution < 1.29 is 9.53 Å². The molecule has 0 aromatic carbocycles. The maximum atomic E-state index is 12.0. The summed E-state index contributed by atoms with van der Waals surface area (Å²) < 4.78 is 5.56. The molecule has 1 fully saturated rings. The molecule has 1 aliphatic heterocycles. The van der Waals surface area contributed by atoms with Gasteiger partial charge in [-0.2, -0.15) is 0 Å². The van der Waals surface area contributed by atoms with Gasteiger partial charge in [0.25, 0.3) is 0 Å². The lowest BCUT2D eigenvalue weighted by molar-refractivity contribution is -0.132. The summed E-state index contributed by atoms with van der Waals surface area (Å²) in [7, 11) is 0. The number of hydrogen-bond donors (Lipinski definition) is 2. The zero-order valence-electron chi connectivity index (χ0n) is 10.5. The number of amides is 1. The van der Waals surface area contributed by atoms with Crippen LogP contribution in [0, 0.1) is 0 Å². The van der Waals surface area contributed by atoms with Gasteiger partial charge in [0.2, 0.25) is 5.91 Å². The van der Waals surface area contributed by atoms with Gasteiger partial charge < -0.3 is 15.8 Å². The highest BCUT2D eigenvalue weighted by molar-refractivity contribution is 5.81. The SMILES string of the molecule is CC(NC(=O)C1CCC(CN)O1)c1cccnc1. The number of aromatic nitrogens is 1. The monoisotopic (exact) mass is 249 g/mol. The Hall–Kier alpha value is -1.46. The summed E-state index contributed by atoms with van der Waals surface area (Å²) in [6, 6.07) is 3.73. The van der Waals surface area contributed by atoms with E-state index in [0.29, 0.717) is 6.54 Å². The molecule has 1 amide bonds. The molecule has 3 unspecified atom stereocenters. The minimum atomic E-state index is -0.363. The molecule has 0 spiro atoms. The van der Waals surface area contributed by atoms with E-state index in [9.17, 15) is 4.79 Å². The molecule has 18 heavy (non-hydrogen) atoms. The molecule has 5 heteroatoms. The van der Waals surface area contributed by atoms with E-state index in [1.165, 1.54) is 0 Å². The van der Waals surface area contributed by atoms with Crippen LogP contribution in [0.3, 0.4) is 0 Å². The maximum absolute atomic E-state index is 12.0. The number of nitrogens with one attached hydrogen (secondary N) is 1. The summed E-state index contributed by atoms with van der Waals surface area (Å²) in [6.07, 6.45) is 4.73. The summed E-state index contributed by atoms with van der Waals surface area (Å²) in [5.41, 5.74) is 6.51. The fourth-order valence-corrected chi connectivity index (χ4v) is 2.09. The third-order valence-electron chi connectivity index (χ3n) is 3.21. The first-order valence-corrected chi connectivity index (χ1v) is 6.26. The topological polar surface area (TPSA) is 77.2 Å². The van der Waals surface area contributed by atoms with E-state index in [-0.39, 0.29) is 24.2 Å². The number of ether oxygens (including phenoxy) is 1. The quantitative estimate of drug-likeness (QED) is 0.826. The van der Waals surface area contributed by atoms with Gasteiger partial charge in [0.1, 0.15) is 6.10 Å². The van der Waals surface area contributed by atoms with E-state index in [1.807, 2.05) is 19.1 Å². The number of carbonyl (C=O) groups is 1. The van der Waals surface area contributed by atoms with Crippen LogP contribution in [0.25, 0.3) is 0 Å². The highest BCUT2D eigenvalue weighted by Gasteiger charge is 2.30. The van der Waals surface area contributed by atoms with Crippen LogP contribution in [0.1, 0.15) is 31.4 Å². The van der Waals surface area contributed by atoms with Crippen LogP contribution in [0.4, 0.5) is 0 Å². The minimum absolute atomic E-state index is 0.0226. The number of hydrogen-bond acceptors (Lipinski definition) is 4. The van der Waals surface area contributed by atoms with E-state index in [0.717, 1.165) is 18.4 Å². The first-order valence-electron chi connectivity index (χ1n) is 6.26. The normalized spacial score (nSPS) is 24.8. The molecule has 5 nitrogen and oxygen atoms in total. The van der Waals surface area contributed by atoms with E-state index in [2.05, 4.69) is 10.3 Å². The van der Waals surface area contributed by atoms with Crippen molar-refractivity contribution in [2.75, 3.05) is 6.54 Å². The van der Waals surface area contributed by atoms with Gasteiger partial charge in [-0.25, -0.2) is 0 Å². The molecule has 3 atom stereocenters. The first kappa shape index (κ1) is 13.0. The average Bonchev–Trinajstić information content (AvgIpc) is 2.88. The average molecular weight is 249 g/mol. The second-order valence-corrected chi connectivity index (χ2v) is 4.58. The van der Waals surface area contributed by atoms with Gasteiger partial charge in [-0.15, -0.1) is 0 Å². The van der Waals surface area contributed by atoms with E-state index in [1.54, 1.807) is 12.4 Å². The molecule has 1 aliphatic rings. The van der Waals surface area contributed by atoms with Crippen molar-refractivity contribution in [3.05, 3.63) is 30.1 Å². The van der Waals surface area contributed by atoms with Crippen molar-refractivity contribution in [2.45, 2.75) is 38.0 Å². The van der Waals surface area contributed by atoms with Crippen molar-refractivity contribution in [1.82, 2.24) is 10.3 Å². The second kappa shape index (κ2) is 5.93. The van der Waals surface area contributed by atoms with Gasteiger partial charge >= 0.3 is 0 Å². The molecular weight excluding hydrogens is 230 g/mol. The van der Waals surface area contributed by atoms with Crippen LogP contribution in [0.5, 0.6) is 0 Å².